The summed E-state index contributed by atoms with van der Waals surface area (Å²) in [6.45, 7) is 5.70. The summed E-state index contributed by atoms with van der Waals surface area (Å²) in [5.74, 6) is 2.30. The molecule has 0 aliphatic heterocycles. The maximum atomic E-state index is 12.5. The first-order valence-corrected chi connectivity index (χ1v) is 10.5. The van der Waals surface area contributed by atoms with Crippen molar-refractivity contribution >= 4 is 17.5 Å². The maximum Gasteiger partial charge on any atom is 0.300 e. The molecular weight excluding hydrogens is 344 g/mol. The second-order valence-corrected chi connectivity index (χ2v) is 9.71. The molecule has 4 aliphatic carbocycles. The molecule has 5 nitrogen and oxygen atoms in total. The Morgan fingerprint density at radius 3 is 2.41 bits per heavy atom. The molecule has 0 saturated heterocycles. The molecule has 0 aromatic heterocycles. The molecule has 4 aliphatic rings. The monoisotopic (exact) mass is 378 g/mol. The number of hydrogen-bond donors (Lipinski definition) is 2. The van der Waals surface area contributed by atoms with Crippen molar-refractivity contribution < 1.29 is 24.6 Å². The Morgan fingerprint density at radius 2 is 1.78 bits per heavy atom. The van der Waals surface area contributed by atoms with Gasteiger partial charge in [0.05, 0.1) is 0 Å². The van der Waals surface area contributed by atoms with E-state index in [1.54, 1.807) is 0 Å². The van der Waals surface area contributed by atoms with Gasteiger partial charge in [-0.15, -0.1) is 0 Å². The van der Waals surface area contributed by atoms with Gasteiger partial charge in [0.25, 0.3) is 5.97 Å². The Morgan fingerprint density at radius 1 is 1.11 bits per heavy atom. The van der Waals surface area contributed by atoms with Crippen molar-refractivity contribution in [3.05, 3.63) is 0 Å². The molecule has 27 heavy (non-hydrogen) atoms. The smallest absolute Gasteiger partial charge is 0.300 e. The first-order valence-electron chi connectivity index (χ1n) is 10.5. The second-order valence-electron chi connectivity index (χ2n) is 9.71. The summed E-state index contributed by atoms with van der Waals surface area (Å²) in [6, 6.07) is 0. The fraction of sp³-hybridized carbons (Fsp3) is 0.864. The molecule has 0 spiro atoms. The number of aliphatic hydroxyl groups is 1. The van der Waals surface area contributed by atoms with Gasteiger partial charge in [0.15, 0.2) is 0 Å². The normalized spacial score (nSPS) is 45.9. The minimum absolute atomic E-state index is 0.0657. The molecule has 2 N–H and O–H groups in total. The summed E-state index contributed by atoms with van der Waals surface area (Å²) in [7, 11) is 0. The lowest BCUT2D eigenvalue weighted by Gasteiger charge is -2.62. The predicted molar refractivity (Wildman–Crippen MR) is 101 cm³/mol. The fourth-order valence-corrected chi connectivity index (χ4v) is 7.45. The maximum absolute atomic E-state index is 12.5. The number of carboxylic acids is 1. The summed E-state index contributed by atoms with van der Waals surface area (Å²) >= 11 is 0. The van der Waals surface area contributed by atoms with Gasteiger partial charge in [0.2, 0.25) is 0 Å². The topological polar surface area (TPSA) is 91.7 Å². The van der Waals surface area contributed by atoms with Crippen molar-refractivity contribution in [2.45, 2.75) is 72.1 Å². The van der Waals surface area contributed by atoms with E-state index in [-0.39, 0.29) is 23.4 Å². The van der Waals surface area contributed by atoms with Gasteiger partial charge in [-0.05, 0) is 61.7 Å². The van der Waals surface area contributed by atoms with Crippen molar-refractivity contribution in [1.82, 2.24) is 0 Å². The van der Waals surface area contributed by atoms with Gasteiger partial charge in [0, 0.05) is 43.6 Å². The number of carbonyl (C=O) groups excluding carboxylic acids is 2. The van der Waals surface area contributed by atoms with E-state index in [0.29, 0.717) is 48.1 Å². The molecule has 4 rings (SSSR count). The van der Waals surface area contributed by atoms with Crippen molar-refractivity contribution in [1.29, 1.82) is 0 Å². The van der Waals surface area contributed by atoms with Gasteiger partial charge in [0.1, 0.15) is 11.6 Å². The lowest BCUT2D eigenvalue weighted by atomic mass is 9.42. The lowest BCUT2D eigenvalue weighted by Crippen LogP contribution is -2.59. The van der Waals surface area contributed by atoms with E-state index in [2.05, 4.69) is 13.8 Å². The van der Waals surface area contributed by atoms with Crippen molar-refractivity contribution in [2.75, 3.05) is 6.61 Å². The zero-order chi connectivity index (χ0) is 20.0. The summed E-state index contributed by atoms with van der Waals surface area (Å²) in [4.78, 5) is 33.5. The van der Waals surface area contributed by atoms with Crippen LogP contribution in [0.5, 0.6) is 0 Å². The van der Waals surface area contributed by atoms with Crippen LogP contribution in [0.4, 0.5) is 0 Å². The van der Waals surface area contributed by atoms with Crippen LogP contribution in [-0.4, -0.2) is 34.4 Å². The van der Waals surface area contributed by atoms with E-state index in [0.717, 1.165) is 45.4 Å². The van der Waals surface area contributed by atoms with Crippen LogP contribution >= 0.6 is 0 Å². The highest BCUT2D eigenvalue weighted by Gasteiger charge is 2.63. The van der Waals surface area contributed by atoms with Gasteiger partial charge < -0.3 is 10.2 Å². The number of Topliss-reactive ketones (excluding diaryl/α,β-unsaturated/α-hetero) is 2. The highest BCUT2D eigenvalue weighted by molar-refractivity contribution is 5.87. The van der Waals surface area contributed by atoms with Crippen LogP contribution in [0.1, 0.15) is 72.1 Å². The molecule has 0 radical (unpaired) electrons. The molecule has 4 saturated carbocycles. The number of aliphatic carboxylic acids is 1. The van der Waals surface area contributed by atoms with E-state index in [4.69, 9.17) is 9.90 Å². The number of hydrogen-bond acceptors (Lipinski definition) is 4. The molecule has 0 heterocycles. The van der Waals surface area contributed by atoms with Crippen LogP contribution in [0.2, 0.25) is 0 Å². The second kappa shape index (κ2) is 7.31. The first kappa shape index (κ1) is 20.5. The summed E-state index contributed by atoms with van der Waals surface area (Å²) in [5, 5.41) is 17.9. The lowest BCUT2D eigenvalue weighted by molar-refractivity contribution is -0.169. The Labute approximate surface area is 161 Å². The number of ketones is 2. The quantitative estimate of drug-likeness (QED) is 0.729. The third-order valence-electron chi connectivity index (χ3n) is 8.64. The number of rotatable bonds is 1. The Kier molecular flexibility index (Phi) is 5.55. The standard InChI is InChI=1S/C20H30O3.C2H4O2/c1-12-9-14(22)10-13-3-4-15-16-5-6-18(23)19(16,2)8-7-17(15)20(12,13)11-21;1-2(3)4/h12-13,15-17,21H,3-11H2,1-2H3;1H3,(H,3,4)/t12-,13-,15-,16-,17-,19-,20-;/m0./s1. The Bertz CT molecular complexity index is 624. The molecule has 4 fully saturated rings. The summed E-state index contributed by atoms with van der Waals surface area (Å²) < 4.78 is 0. The van der Waals surface area contributed by atoms with E-state index in [9.17, 15) is 14.7 Å². The average Bonchev–Trinajstić information content (AvgIpc) is 2.89. The van der Waals surface area contributed by atoms with Crippen LogP contribution < -0.4 is 0 Å². The van der Waals surface area contributed by atoms with Crippen molar-refractivity contribution in [3.8, 4) is 0 Å². The summed E-state index contributed by atoms with van der Waals surface area (Å²) in [6.07, 6.45) is 7.41. The number of carboxylic acid groups (broad SMARTS) is 1. The molecule has 0 bridgehead atoms. The molecule has 0 aromatic rings. The molecule has 0 aromatic carbocycles. The van der Waals surface area contributed by atoms with Gasteiger partial charge >= 0.3 is 0 Å². The van der Waals surface area contributed by atoms with Crippen molar-refractivity contribution in [3.63, 3.8) is 0 Å². The SMILES string of the molecule is CC(=O)O.C[C@H]1CC(=O)C[C@@H]2CC[C@@H]3[C@H](CC[C@]4(C)C(=O)CC[C@@H]34)[C@]21CO. The van der Waals surface area contributed by atoms with Crippen LogP contribution in [0.15, 0.2) is 0 Å². The van der Waals surface area contributed by atoms with Gasteiger partial charge in [-0.1, -0.05) is 13.8 Å². The summed E-state index contributed by atoms with van der Waals surface area (Å²) in [5.41, 5.74) is -0.165. The highest BCUT2D eigenvalue weighted by Crippen LogP contribution is 2.66. The average molecular weight is 379 g/mol. The molecule has 152 valence electrons. The molecule has 0 amide bonds. The van der Waals surface area contributed by atoms with Gasteiger partial charge in [-0.2, -0.15) is 0 Å². The van der Waals surface area contributed by atoms with Crippen LogP contribution in [0.25, 0.3) is 0 Å². The predicted octanol–water partition coefficient (Wildman–Crippen LogP) is 3.48. The van der Waals surface area contributed by atoms with E-state index in [1.165, 1.54) is 0 Å². The highest BCUT2D eigenvalue weighted by atomic mass is 16.4. The van der Waals surface area contributed by atoms with Gasteiger partial charge in [-0.3, -0.25) is 14.4 Å². The third-order valence-corrected chi connectivity index (χ3v) is 8.64. The zero-order valence-corrected chi connectivity index (χ0v) is 16.9. The van der Waals surface area contributed by atoms with E-state index in [1.807, 2.05) is 0 Å². The van der Waals surface area contributed by atoms with E-state index < -0.39 is 5.97 Å². The minimum atomic E-state index is -0.833. The molecular formula is C22H34O5. The minimum Gasteiger partial charge on any atom is -0.481 e. The van der Waals surface area contributed by atoms with Gasteiger partial charge in [-0.25, -0.2) is 0 Å². The third kappa shape index (κ3) is 3.16. The van der Waals surface area contributed by atoms with Crippen molar-refractivity contribution in [2.24, 2.45) is 40.4 Å². The largest absolute Gasteiger partial charge is 0.481 e. The number of aliphatic hydroxyl groups excluding tert-OH is 1. The van der Waals surface area contributed by atoms with Crippen LogP contribution in [-0.2, 0) is 14.4 Å². The Hall–Kier alpha value is -1.23. The molecule has 7 atom stereocenters. The fourth-order valence-electron chi connectivity index (χ4n) is 7.45. The molecule has 0 unspecified atom stereocenters. The molecule has 5 heteroatoms. The van der Waals surface area contributed by atoms with Crippen LogP contribution in [0.3, 0.4) is 0 Å². The first-order chi connectivity index (χ1) is 12.7. The number of fused-ring (bicyclic) bond motifs is 5. The van der Waals surface area contributed by atoms with E-state index >= 15 is 0 Å². The van der Waals surface area contributed by atoms with Crippen LogP contribution in [0, 0.1) is 40.4 Å². The zero-order valence-electron chi connectivity index (χ0n) is 16.9. The Balaban J connectivity index is 0.000000481. The number of carbonyl (C=O) groups is 3.